The number of rotatable bonds is 4. The molecule has 4 nitrogen and oxygen atoms in total. The van der Waals surface area contributed by atoms with Crippen LogP contribution in [-0.2, 0) is 4.79 Å². The molecule has 3 N–H and O–H groups in total. The molecule has 0 bridgehead atoms. The molecule has 0 aromatic heterocycles. The molecule has 1 rings (SSSR count). The van der Waals surface area contributed by atoms with E-state index in [4.69, 9.17) is 5.73 Å². The standard InChI is InChI=1S/C12H14BrFN2O2/c1-12(2,11(15)18)6-16-10(17)7-3-4-9(14)8(13)5-7/h3-5H,6H2,1-2H3,(H2,15,18)(H,16,17). The number of hydrogen-bond donors (Lipinski definition) is 2. The van der Waals surface area contributed by atoms with Gasteiger partial charge in [0, 0.05) is 12.1 Å². The van der Waals surface area contributed by atoms with E-state index in [0.717, 1.165) is 0 Å². The summed E-state index contributed by atoms with van der Waals surface area (Å²) in [5.74, 6) is -1.32. The first kappa shape index (κ1) is 14.6. The van der Waals surface area contributed by atoms with Crippen LogP contribution in [0, 0.1) is 11.2 Å². The molecule has 0 aliphatic carbocycles. The van der Waals surface area contributed by atoms with E-state index in [9.17, 15) is 14.0 Å². The van der Waals surface area contributed by atoms with Gasteiger partial charge in [0.25, 0.3) is 5.91 Å². The van der Waals surface area contributed by atoms with Crippen molar-refractivity contribution in [2.75, 3.05) is 6.54 Å². The lowest BCUT2D eigenvalue weighted by molar-refractivity contribution is -0.125. The first-order valence-electron chi connectivity index (χ1n) is 5.27. The van der Waals surface area contributed by atoms with E-state index in [1.165, 1.54) is 18.2 Å². The SMILES string of the molecule is CC(C)(CNC(=O)c1ccc(F)c(Br)c1)C(N)=O. The summed E-state index contributed by atoms with van der Waals surface area (Å²) < 4.78 is 13.2. The molecule has 0 fully saturated rings. The molecule has 0 aliphatic rings. The summed E-state index contributed by atoms with van der Waals surface area (Å²) in [7, 11) is 0. The molecule has 0 unspecified atom stereocenters. The Morgan fingerprint density at radius 2 is 2.06 bits per heavy atom. The third-order valence-corrected chi connectivity index (χ3v) is 3.15. The first-order valence-corrected chi connectivity index (χ1v) is 6.06. The summed E-state index contributed by atoms with van der Waals surface area (Å²) in [6, 6.07) is 3.94. The summed E-state index contributed by atoms with van der Waals surface area (Å²) in [5.41, 5.74) is 4.67. The minimum Gasteiger partial charge on any atom is -0.369 e. The van der Waals surface area contributed by atoms with Crippen molar-refractivity contribution in [3.8, 4) is 0 Å². The molecule has 0 saturated heterocycles. The molecule has 1 aromatic rings. The molecular formula is C12H14BrFN2O2. The van der Waals surface area contributed by atoms with Gasteiger partial charge in [-0.25, -0.2) is 4.39 Å². The lowest BCUT2D eigenvalue weighted by atomic mass is 9.92. The molecule has 0 radical (unpaired) electrons. The lowest BCUT2D eigenvalue weighted by Gasteiger charge is -2.20. The van der Waals surface area contributed by atoms with E-state index in [-0.39, 0.29) is 16.9 Å². The number of primary amides is 1. The first-order chi connectivity index (χ1) is 8.24. The Hall–Kier alpha value is -1.43. The molecular weight excluding hydrogens is 303 g/mol. The van der Waals surface area contributed by atoms with Crippen molar-refractivity contribution in [2.24, 2.45) is 11.1 Å². The van der Waals surface area contributed by atoms with Crippen molar-refractivity contribution in [1.82, 2.24) is 5.32 Å². The van der Waals surface area contributed by atoms with Crippen LogP contribution in [0.2, 0.25) is 0 Å². The fourth-order valence-corrected chi connectivity index (χ4v) is 1.51. The minimum absolute atomic E-state index is 0.121. The fourth-order valence-electron chi connectivity index (χ4n) is 1.13. The summed E-state index contributed by atoms with van der Waals surface area (Å²) in [6.07, 6.45) is 0. The van der Waals surface area contributed by atoms with Crippen LogP contribution in [0.3, 0.4) is 0 Å². The Bertz CT molecular complexity index is 489. The predicted molar refractivity (Wildman–Crippen MR) is 69.4 cm³/mol. The number of carbonyl (C=O) groups is 2. The van der Waals surface area contributed by atoms with Crippen molar-refractivity contribution in [1.29, 1.82) is 0 Å². The number of hydrogen-bond acceptors (Lipinski definition) is 2. The van der Waals surface area contributed by atoms with Gasteiger partial charge in [-0.3, -0.25) is 9.59 Å². The van der Waals surface area contributed by atoms with Crippen molar-refractivity contribution in [3.63, 3.8) is 0 Å². The Balaban J connectivity index is 2.72. The average Bonchev–Trinajstić information content (AvgIpc) is 2.29. The highest BCUT2D eigenvalue weighted by molar-refractivity contribution is 9.10. The van der Waals surface area contributed by atoms with Crippen LogP contribution in [0.1, 0.15) is 24.2 Å². The topological polar surface area (TPSA) is 72.2 Å². The Labute approximate surface area is 113 Å². The molecule has 0 spiro atoms. The second-order valence-corrected chi connectivity index (χ2v) is 5.41. The highest BCUT2D eigenvalue weighted by Gasteiger charge is 2.25. The molecule has 2 amide bonds. The molecule has 1 aromatic carbocycles. The maximum atomic E-state index is 13.0. The van der Waals surface area contributed by atoms with Gasteiger partial charge in [-0.1, -0.05) is 0 Å². The maximum Gasteiger partial charge on any atom is 0.251 e. The summed E-state index contributed by atoms with van der Waals surface area (Å²) in [4.78, 5) is 22.9. The number of benzene rings is 1. The van der Waals surface area contributed by atoms with E-state index >= 15 is 0 Å². The van der Waals surface area contributed by atoms with Crippen molar-refractivity contribution < 1.29 is 14.0 Å². The van der Waals surface area contributed by atoms with Crippen LogP contribution < -0.4 is 11.1 Å². The third-order valence-electron chi connectivity index (χ3n) is 2.54. The second kappa shape index (κ2) is 5.48. The van der Waals surface area contributed by atoms with Gasteiger partial charge < -0.3 is 11.1 Å². The van der Waals surface area contributed by atoms with Crippen LogP contribution in [0.5, 0.6) is 0 Å². The van der Waals surface area contributed by atoms with Gasteiger partial charge in [0.15, 0.2) is 0 Å². The molecule has 0 aliphatic heterocycles. The minimum atomic E-state index is -0.826. The average molecular weight is 317 g/mol. The molecule has 0 atom stereocenters. The summed E-state index contributed by atoms with van der Waals surface area (Å²) in [5, 5.41) is 2.58. The van der Waals surface area contributed by atoms with Crippen LogP contribution in [0.15, 0.2) is 22.7 Å². The zero-order chi connectivity index (χ0) is 13.9. The number of halogens is 2. The van der Waals surface area contributed by atoms with Gasteiger partial charge in [0.1, 0.15) is 5.82 Å². The molecule has 0 heterocycles. The second-order valence-electron chi connectivity index (χ2n) is 4.56. The maximum absolute atomic E-state index is 13.0. The fraction of sp³-hybridized carbons (Fsp3) is 0.333. The zero-order valence-corrected chi connectivity index (χ0v) is 11.7. The number of nitrogens with one attached hydrogen (secondary N) is 1. The summed E-state index contributed by atoms with van der Waals surface area (Å²) in [6.45, 7) is 3.39. The van der Waals surface area contributed by atoms with Gasteiger partial charge in [-0.2, -0.15) is 0 Å². The largest absolute Gasteiger partial charge is 0.369 e. The summed E-state index contributed by atoms with van der Waals surface area (Å²) >= 11 is 3.00. The lowest BCUT2D eigenvalue weighted by Crippen LogP contribution is -2.42. The van der Waals surface area contributed by atoms with Gasteiger partial charge in [0.05, 0.1) is 9.89 Å². The normalized spacial score (nSPS) is 11.1. The number of nitrogens with two attached hydrogens (primary N) is 1. The van der Waals surface area contributed by atoms with E-state index in [1.807, 2.05) is 0 Å². The molecule has 18 heavy (non-hydrogen) atoms. The molecule has 0 saturated carbocycles. The Morgan fingerprint density at radius 3 is 2.56 bits per heavy atom. The molecule has 6 heteroatoms. The van der Waals surface area contributed by atoms with Crippen molar-refractivity contribution >= 4 is 27.7 Å². The molecule has 98 valence electrons. The van der Waals surface area contributed by atoms with Gasteiger partial charge in [-0.15, -0.1) is 0 Å². The van der Waals surface area contributed by atoms with Crippen LogP contribution in [0.4, 0.5) is 4.39 Å². The Morgan fingerprint density at radius 1 is 1.44 bits per heavy atom. The van der Waals surface area contributed by atoms with Gasteiger partial charge in [-0.05, 0) is 48.0 Å². The monoisotopic (exact) mass is 316 g/mol. The van der Waals surface area contributed by atoms with Crippen LogP contribution in [-0.4, -0.2) is 18.4 Å². The van der Waals surface area contributed by atoms with E-state index in [2.05, 4.69) is 21.2 Å². The highest BCUT2D eigenvalue weighted by Crippen LogP contribution is 2.17. The quantitative estimate of drug-likeness (QED) is 0.889. The van der Waals surface area contributed by atoms with E-state index in [1.54, 1.807) is 13.8 Å². The van der Waals surface area contributed by atoms with E-state index < -0.39 is 17.1 Å². The predicted octanol–water partition coefficient (Wildman–Crippen LogP) is 1.83. The van der Waals surface area contributed by atoms with Crippen LogP contribution in [0.25, 0.3) is 0 Å². The zero-order valence-electron chi connectivity index (χ0n) is 10.1. The number of carbonyl (C=O) groups excluding carboxylic acids is 2. The van der Waals surface area contributed by atoms with Crippen LogP contribution >= 0.6 is 15.9 Å². The van der Waals surface area contributed by atoms with Crippen molar-refractivity contribution in [3.05, 3.63) is 34.1 Å². The highest BCUT2D eigenvalue weighted by atomic mass is 79.9. The Kier molecular flexibility index (Phi) is 4.45. The van der Waals surface area contributed by atoms with Gasteiger partial charge in [0.2, 0.25) is 5.91 Å². The van der Waals surface area contributed by atoms with Crippen molar-refractivity contribution in [2.45, 2.75) is 13.8 Å². The van der Waals surface area contributed by atoms with E-state index in [0.29, 0.717) is 5.56 Å². The smallest absolute Gasteiger partial charge is 0.251 e. The third kappa shape index (κ3) is 3.53. The number of amides is 2. The van der Waals surface area contributed by atoms with Gasteiger partial charge >= 0.3 is 0 Å².